The molecule has 210 valence electrons. The molecule has 0 aliphatic rings. The van der Waals surface area contributed by atoms with Gasteiger partial charge in [-0.25, -0.2) is 0 Å². The van der Waals surface area contributed by atoms with Crippen molar-refractivity contribution in [3.63, 3.8) is 0 Å². The number of hydrogen-bond donors (Lipinski definition) is 0. The number of para-hydroxylation sites is 4. The van der Waals surface area contributed by atoms with Crippen LogP contribution in [0, 0.1) is 0 Å². The van der Waals surface area contributed by atoms with Crippen molar-refractivity contribution in [2.45, 2.75) is 0 Å². The zero-order valence-electron chi connectivity index (χ0n) is 24.1. The first-order valence-electron chi connectivity index (χ1n) is 15.2. The van der Waals surface area contributed by atoms with Crippen molar-refractivity contribution >= 4 is 75.4 Å². The summed E-state index contributed by atoms with van der Waals surface area (Å²) in [5.41, 5.74) is 10.4. The second kappa shape index (κ2) is 9.43. The second-order valence-corrected chi connectivity index (χ2v) is 12.7. The van der Waals surface area contributed by atoms with E-state index >= 15 is 0 Å². The number of rotatable bonds is 3. The Bertz CT molecular complexity index is 2460. The van der Waals surface area contributed by atoms with Gasteiger partial charge in [0.05, 0.1) is 0 Å². The van der Waals surface area contributed by atoms with Crippen molar-refractivity contribution in [1.82, 2.24) is 0 Å². The SMILES string of the molecule is c1ccc2c(c1)oc1c(-c3cc(-c4cccc5c4oc4ccccc45)cc(-c4cccc5c4sc4ccccc45)c3)cccc12. The van der Waals surface area contributed by atoms with Crippen LogP contribution in [0.1, 0.15) is 0 Å². The van der Waals surface area contributed by atoms with E-state index in [2.05, 4.69) is 121 Å². The average molecular weight is 593 g/mol. The normalized spacial score (nSPS) is 12.0. The van der Waals surface area contributed by atoms with E-state index in [0.717, 1.165) is 66.1 Å². The quantitative estimate of drug-likeness (QED) is 0.204. The largest absolute Gasteiger partial charge is 0.455 e. The van der Waals surface area contributed by atoms with Crippen LogP contribution < -0.4 is 0 Å². The van der Waals surface area contributed by atoms with E-state index in [4.69, 9.17) is 8.83 Å². The molecule has 3 heteroatoms. The summed E-state index contributed by atoms with van der Waals surface area (Å²) < 4.78 is 15.7. The summed E-state index contributed by atoms with van der Waals surface area (Å²) in [5, 5.41) is 7.11. The second-order valence-electron chi connectivity index (χ2n) is 11.6. The van der Waals surface area contributed by atoms with Gasteiger partial charge in [-0.3, -0.25) is 0 Å². The van der Waals surface area contributed by atoms with Gasteiger partial charge in [-0.15, -0.1) is 11.3 Å². The highest BCUT2D eigenvalue weighted by molar-refractivity contribution is 7.26. The van der Waals surface area contributed by atoms with Gasteiger partial charge >= 0.3 is 0 Å². The van der Waals surface area contributed by atoms with Crippen LogP contribution in [0.2, 0.25) is 0 Å². The highest BCUT2D eigenvalue weighted by Crippen LogP contribution is 2.45. The van der Waals surface area contributed by atoms with Gasteiger partial charge in [0.15, 0.2) is 0 Å². The number of benzene rings is 7. The predicted molar refractivity (Wildman–Crippen MR) is 190 cm³/mol. The zero-order chi connectivity index (χ0) is 29.5. The predicted octanol–water partition coefficient (Wildman–Crippen LogP) is 12.9. The lowest BCUT2D eigenvalue weighted by Crippen LogP contribution is -1.87. The van der Waals surface area contributed by atoms with Gasteiger partial charge in [-0.05, 0) is 58.7 Å². The summed E-state index contributed by atoms with van der Waals surface area (Å²) in [5.74, 6) is 0. The van der Waals surface area contributed by atoms with Crippen molar-refractivity contribution < 1.29 is 8.83 Å². The van der Waals surface area contributed by atoms with Crippen LogP contribution in [-0.2, 0) is 0 Å². The number of hydrogen-bond acceptors (Lipinski definition) is 3. The third-order valence-electron chi connectivity index (χ3n) is 9.08. The van der Waals surface area contributed by atoms with Crippen molar-refractivity contribution in [3.8, 4) is 33.4 Å². The topological polar surface area (TPSA) is 26.3 Å². The van der Waals surface area contributed by atoms with Gasteiger partial charge in [-0.1, -0.05) is 109 Å². The lowest BCUT2D eigenvalue weighted by Gasteiger charge is -2.13. The van der Waals surface area contributed by atoms with E-state index < -0.39 is 0 Å². The fourth-order valence-corrected chi connectivity index (χ4v) is 8.26. The highest BCUT2D eigenvalue weighted by atomic mass is 32.1. The monoisotopic (exact) mass is 592 g/mol. The molecular weight excluding hydrogens is 569 g/mol. The zero-order valence-corrected chi connectivity index (χ0v) is 24.9. The summed E-state index contributed by atoms with van der Waals surface area (Å²) in [7, 11) is 0. The molecule has 0 unspecified atom stereocenters. The molecule has 0 spiro atoms. The molecule has 3 heterocycles. The Morgan fingerprint density at radius 2 is 0.800 bits per heavy atom. The van der Waals surface area contributed by atoms with E-state index in [9.17, 15) is 0 Å². The maximum absolute atomic E-state index is 6.53. The minimum Gasteiger partial charge on any atom is -0.455 e. The van der Waals surface area contributed by atoms with Crippen LogP contribution in [-0.4, -0.2) is 0 Å². The van der Waals surface area contributed by atoms with Crippen molar-refractivity contribution in [1.29, 1.82) is 0 Å². The molecule has 2 nitrogen and oxygen atoms in total. The molecule has 0 fully saturated rings. The van der Waals surface area contributed by atoms with Crippen LogP contribution in [0.25, 0.3) is 97.4 Å². The summed E-state index contributed by atoms with van der Waals surface area (Å²) in [4.78, 5) is 0. The molecule has 3 aromatic heterocycles. The summed E-state index contributed by atoms with van der Waals surface area (Å²) in [6.45, 7) is 0. The van der Waals surface area contributed by atoms with Crippen LogP contribution in [0.4, 0.5) is 0 Å². The smallest absolute Gasteiger partial charge is 0.143 e. The number of thiophene rings is 1. The lowest BCUT2D eigenvalue weighted by atomic mass is 9.91. The first-order chi connectivity index (χ1) is 22.3. The van der Waals surface area contributed by atoms with E-state index in [1.807, 2.05) is 35.6 Å². The van der Waals surface area contributed by atoms with Crippen LogP contribution >= 0.6 is 11.3 Å². The first-order valence-corrected chi connectivity index (χ1v) is 16.0. The van der Waals surface area contributed by atoms with Crippen LogP contribution in [0.15, 0.2) is 154 Å². The van der Waals surface area contributed by atoms with E-state index in [1.165, 1.54) is 31.3 Å². The Kier molecular flexibility index (Phi) is 5.19. The fraction of sp³-hybridized carbons (Fsp3) is 0. The molecule has 0 saturated carbocycles. The molecule has 10 aromatic rings. The molecule has 10 rings (SSSR count). The minimum atomic E-state index is 0.901. The fourth-order valence-electron chi connectivity index (χ4n) is 7.02. The Balaban J connectivity index is 1.29. The molecule has 0 saturated heterocycles. The third kappa shape index (κ3) is 3.68. The van der Waals surface area contributed by atoms with Crippen molar-refractivity contribution in [2.75, 3.05) is 0 Å². The molecular formula is C42H24O2S. The standard InChI is InChI=1S/C42H24O2S/c1-4-19-37-31(10-1)34-16-7-13-28(40(34)43-37)25-22-26(29-14-8-17-35-32-11-2-5-20-38(32)44-41(29)35)24-27(23-25)30-15-9-18-36-33-12-3-6-21-39(33)45-42(30)36/h1-24H. The maximum atomic E-state index is 6.53. The van der Waals surface area contributed by atoms with Crippen molar-refractivity contribution in [3.05, 3.63) is 146 Å². The van der Waals surface area contributed by atoms with E-state index in [-0.39, 0.29) is 0 Å². The van der Waals surface area contributed by atoms with Crippen molar-refractivity contribution in [2.24, 2.45) is 0 Å². The van der Waals surface area contributed by atoms with Gasteiger partial charge in [0.1, 0.15) is 22.3 Å². The van der Waals surface area contributed by atoms with E-state index in [0.29, 0.717) is 0 Å². The summed E-state index contributed by atoms with van der Waals surface area (Å²) in [6.07, 6.45) is 0. The van der Waals surface area contributed by atoms with Gasteiger partial charge in [0.25, 0.3) is 0 Å². The highest BCUT2D eigenvalue weighted by Gasteiger charge is 2.18. The molecule has 0 bridgehead atoms. The van der Waals surface area contributed by atoms with Crippen LogP contribution in [0.3, 0.4) is 0 Å². The van der Waals surface area contributed by atoms with Crippen LogP contribution in [0.5, 0.6) is 0 Å². The molecule has 45 heavy (non-hydrogen) atoms. The number of fused-ring (bicyclic) bond motifs is 9. The van der Waals surface area contributed by atoms with Gasteiger partial charge in [0, 0.05) is 52.8 Å². The number of furan rings is 2. The Morgan fingerprint density at radius 1 is 0.356 bits per heavy atom. The van der Waals surface area contributed by atoms with E-state index in [1.54, 1.807) is 0 Å². The van der Waals surface area contributed by atoms with Gasteiger partial charge < -0.3 is 8.83 Å². The van der Waals surface area contributed by atoms with Gasteiger partial charge in [0.2, 0.25) is 0 Å². The molecule has 7 aromatic carbocycles. The minimum absolute atomic E-state index is 0.901. The third-order valence-corrected chi connectivity index (χ3v) is 10.3. The molecule has 0 radical (unpaired) electrons. The van der Waals surface area contributed by atoms with Gasteiger partial charge in [-0.2, -0.15) is 0 Å². The molecule has 0 aliphatic carbocycles. The Labute approximate surface area is 262 Å². The molecule has 0 amide bonds. The Morgan fingerprint density at radius 3 is 1.40 bits per heavy atom. The molecule has 0 N–H and O–H groups in total. The molecule has 0 aliphatic heterocycles. The molecule has 0 atom stereocenters. The summed E-state index contributed by atoms with van der Waals surface area (Å²) in [6, 6.07) is 51.8. The average Bonchev–Trinajstić information content (AvgIpc) is 3.79. The maximum Gasteiger partial charge on any atom is 0.143 e. The first kappa shape index (κ1) is 24.8. The lowest BCUT2D eigenvalue weighted by molar-refractivity contribution is 0.670. The Hall–Kier alpha value is -5.64. The summed E-state index contributed by atoms with van der Waals surface area (Å²) >= 11 is 1.86.